The van der Waals surface area contributed by atoms with Gasteiger partial charge >= 0.3 is 17.9 Å². The number of aromatic nitrogens is 1. The molecule has 149 heavy (non-hydrogen) atoms. The number of carbonyl (C=O) groups excluding carboxylic acids is 18. The number of benzene rings is 7. The molecule has 3 fully saturated rings. The minimum absolute atomic E-state index is 0.0403. The van der Waals surface area contributed by atoms with Gasteiger partial charge in [-0.2, -0.15) is 0 Å². The number of nitrogens with one attached hydrogen (secondary N) is 8. The minimum Gasteiger partial charge on any atom is -0.481 e. The van der Waals surface area contributed by atoms with Gasteiger partial charge in [-0.3, -0.25) is 95.9 Å². The van der Waals surface area contributed by atoms with E-state index >= 15 is 0 Å². The Hall–Kier alpha value is -14.1. The molecular weight excluding hydrogens is 1980 g/mol. The third kappa shape index (κ3) is 37.9. The molecule has 40 heteroatoms. The number of carboxylic acids is 2. The van der Waals surface area contributed by atoms with Crippen LogP contribution in [0.4, 0.5) is 0 Å². The van der Waals surface area contributed by atoms with E-state index in [0.29, 0.717) is 90.3 Å². The number of hydrogen-bond donors (Lipinski definition) is 13. The fraction of sp³-hybridized carbons (Fsp3) is 0.468. The first kappa shape index (κ1) is 118. The Morgan fingerprint density at radius 3 is 1.15 bits per heavy atom. The molecule has 7 aromatic carbocycles. The van der Waals surface area contributed by atoms with Crippen molar-refractivity contribution in [2.75, 3.05) is 57.5 Å². The normalized spacial score (nSPS) is 16.2. The first-order valence-corrected chi connectivity index (χ1v) is 52.0. The summed E-state index contributed by atoms with van der Waals surface area (Å²) < 4.78 is 4.69. The molecule has 8 aromatic rings. The SMILES string of the molecule is CC(=O)NCCC[C@H](CC(=O)[C@H](Cc1ccc2ccccc2c1)NC(=O)[C@@H]1CCCCN1C(=O)C[C@H](CCC(=O)O)CC(=O)CCl)C(N)=O.COC(=O)CC[C@H](NC(=O)CCl)C(=O)N1CCCC[C@H]1C(=O)N[C@@H](Cc1ccc2ccccc2c1)C(=O)C[C@@H](CCCNC(C)=O)C(N)=O.NC(=O)[C@@H](CC(=O)[C@H](Cc1ccc2ccccc2c1)NC(=O)[C@@H]1CCCCN1C(=O)[C@H](CCC(=O)O)NC(=O)CCl)Cc1c[nH]c2ccccc12. The van der Waals surface area contributed by atoms with Crippen LogP contribution in [0.1, 0.15) is 190 Å². The average molecular weight is 2120 g/mol. The molecule has 11 rings (SSSR count). The Labute approximate surface area is 878 Å². The number of Topliss-reactive ketones (excluding diaryl/α,β-unsaturated/α-hetero) is 4. The van der Waals surface area contributed by atoms with Crippen LogP contribution >= 0.6 is 34.8 Å². The van der Waals surface area contributed by atoms with Crippen molar-refractivity contribution in [2.45, 2.75) is 242 Å². The molecule has 3 aliphatic rings. The van der Waals surface area contributed by atoms with E-state index in [2.05, 4.69) is 46.9 Å². The number of nitrogens with two attached hydrogens (primary N) is 3. The number of H-pyrrole nitrogens is 1. The van der Waals surface area contributed by atoms with Gasteiger partial charge < -0.3 is 89.1 Å². The van der Waals surface area contributed by atoms with Crippen LogP contribution in [0, 0.1) is 23.7 Å². The maximum atomic E-state index is 14.1. The number of aliphatic carboxylic acids is 2. The van der Waals surface area contributed by atoms with Crippen LogP contribution < -0.4 is 54.4 Å². The van der Waals surface area contributed by atoms with Crippen LogP contribution in [0.3, 0.4) is 0 Å². The number of halogens is 3. The van der Waals surface area contributed by atoms with Crippen molar-refractivity contribution >= 4 is 196 Å². The van der Waals surface area contributed by atoms with Gasteiger partial charge in [0.05, 0.1) is 31.1 Å². The highest BCUT2D eigenvalue weighted by Gasteiger charge is 2.43. The molecule has 37 nitrogen and oxygen atoms in total. The second-order valence-corrected chi connectivity index (χ2v) is 38.9. The first-order chi connectivity index (χ1) is 71.3. The lowest BCUT2D eigenvalue weighted by Gasteiger charge is -2.37. The van der Waals surface area contributed by atoms with Gasteiger partial charge in [-0.25, -0.2) is 0 Å². The monoisotopic (exact) mass is 2110 g/mol. The highest BCUT2D eigenvalue weighted by molar-refractivity contribution is 6.28. The number of para-hydroxylation sites is 1. The molecule has 12 atom stereocenters. The summed E-state index contributed by atoms with van der Waals surface area (Å²) in [6.07, 6.45) is 6.95. The number of aromatic amines is 1. The van der Waals surface area contributed by atoms with E-state index in [1.165, 1.54) is 35.7 Å². The number of piperidine rings is 3. The van der Waals surface area contributed by atoms with Crippen molar-refractivity contribution in [3.8, 4) is 0 Å². The molecule has 0 spiro atoms. The van der Waals surface area contributed by atoms with Gasteiger partial charge in [0.25, 0.3) is 0 Å². The fourth-order valence-electron chi connectivity index (χ4n) is 19.1. The number of primary amides is 3. The van der Waals surface area contributed by atoms with Crippen molar-refractivity contribution in [3.63, 3.8) is 0 Å². The number of fused-ring (bicyclic) bond motifs is 4. The third-order valence-electron chi connectivity index (χ3n) is 27.0. The highest BCUT2D eigenvalue weighted by atomic mass is 35.5. The number of carboxylic acid groups (broad SMARTS) is 2. The highest BCUT2D eigenvalue weighted by Crippen LogP contribution is 2.31. The molecule has 800 valence electrons. The van der Waals surface area contributed by atoms with Crippen molar-refractivity contribution < 1.29 is 111 Å². The number of methoxy groups -OCH3 is 1. The Balaban J connectivity index is 0.000000248. The number of alkyl halides is 3. The molecule has 0 bridgehead atoms. The predicted octanol–water partition coefficient (Wildman–Crippen LogP) is 8.82. The zero-order chi connectivity index (χ0) is 108. The van der Waals surface area contributed by atoms with Crippen molar-refractivity contribution in [2.24, 2.45) is 40.9 Å². The van der Waals surface area contributed by atoms with Crippen LogP contribution in [0.5, 0.6) is 0 Å². The van der Waals surface area contributed by atoms with Crippen LogP contribution in [-0.4, -0.2) is 254 Å². The van der Waals surface area contributed by atoms with Crippen molar-refractivity contribution in [1.29, 1.82) is 0 Å². The molecular formula is C109H135Cl3N14O23. The first-order valence-electron chi connectivity index (χ1n) is 50.4. The number of likely N-dealkylation sites (tertiary alicyclic amines) is 3. The lowest BCUT2D eigenvalue weighted by molar-refractivity contribution is -0.146. The van der Waals surface area contributed by atoms with Gasteiger partial charge in [-0.15, -0.1) is 34.8 Å². The van der Waals surface area contributed by atoms with E-state index in [1.54, 1.807) is 6.20 Å². The maximum Gasteiger partial charge on any atom is 0.305 e. The summed E-state index contributed by atoms with van der Waals surface area (Å²) in [5, 5.41) is 44.2. The molecule has 3 aliphatic heterocycles. The molecule has 1 aromatic heterocycles. The number of carbonyl (C=O) groups is 20. The summed E-state index contributed by atoms with van der Waals surface area (Å²) >= 11 is 17.0. The number of hydrogen-bond acceptors (Lipinski definition) is 21. The Morgan fingerprint density at radius 2 is 0.772 bits per heavy atom. The zero-order valence-electron chi connectivity index (χ0n) is 84.1. The second kappa shape index (κ2) is 60.4. The van der Waals surface area contributed by atoms with Crippen molar-refractivity contribution in [1.82, 2.24) is 56.9 Å². The van der Waals surface area contributed by atoms with Gasteiger partial charge in [0.2, 0.25) is 76.8 Å². The number of rotatable bonds is 54. The van der Waals surface area contributed by atoms with Crippen molar-refractivity contribution in [3.05, 3.63) is 180 Å². The second-order valence-electron chi connectivity index (χ2n) is 38.1. The Kier molecular flexibility index (Phi) is 48.0. The van der Waals surface area contributed by atoms with E-state index in [-0.39, 0.29) is 163 Å². The maximum absolute atomic E-state index is 14.1. The van der Waals surface area contributed by atoms with E-state index in [4.69, 9.17) is 57.1 Å². The lowest BCUT2D eigenvalue weighted by Crippen LogP contribution is -2.59. The standard InChI is InChI=1S/C38H42ClN5O7.C36H47ClN4O8.C35H46ClN5O8/c39-21-34(46)42-30(14-15-35(47)48)38(51)44-16-6-5-11-32(44)37(50)43-31(18-23-12-13-24-7-1-2-8-25(24)17-23)33(45)20-26(36(40)49)19-27-22-41-29-10-4-3-9-28(27)29;1-23(42)39-15-6-9-28(35(38)48)21-32(44)30(19-24-11-13-26-7-2-3-8-27(26)17-24)40-36(49)31-10-4-5-16-41(31)33(45)20-25(12-14-34(46)47)18-29(43)22-37;1-22(42)38-16-7-10-26(33(37)46)20-30(43)28(19-23-12-13-24-8-3-4-9-25(24)18-23)40-34(47)29-11-5-6-17-41(29)35(48)27(39-31(44)21-36)14-15-32(45)49-2/h1-4,7-10,12-13,17,22,26,30-32,41H,5-6,11,14-16,18-21H2,(H2,40,49)(H,42,46)(H,43,50)(H,47,48);2-3,7-8,11,13,17,25,28,30-31H,4-6,9-10,12,14-16,18-22H2,1H3,(H2,38,48)(H,39,42)(H,40,49)(H,46,47);3-4,8-9,12-13,18,26-29H,5-7,10-11,14-17,19-21H2,1-2H3,(H2,37,46)(H,38,42)(H,39,44)(H,40,47)/t26-,30+,31+,32+;25-,28-,30+,31+;26-,27+,28+,29+/m111/s1. The molecule has 4 heterocycles. The number of amides is 13. The van der Waals surface area contributed by atoms with Crippen LogP contribution in [-0.2, 0) is 126 Å². The van der Waals surface area contributed by atoms with Gasteiger partial charge in [-0.05, 0) is 195 Å². The fourth-order valence-corrected chi connectivity index (χ4v) is 19.3. The van der Waals surface area contributed by atoms with Crippen LogP contribution in [0.25, 0.3) is 43.2 Å². The molecule has 16 N–H and O–H groups in total. The van der Waals surface area contributed by atoms with E-state index in [1.807, 2.05) is 152 Å². The van der Waals surface area contributed by atoms with E-state index in [0.717, 1.165) is 65.5 Å². The molecule has 0 saturated carbocycles. The van der Waals surface area contributed by atoms with Gasteiger partial charge in [0.1, 0.15) is 47.8 Å². The third-order valence-corrected chi connectivity index (χ3v) is 27.8. The largest absolute Gasteiger partial charge is 0.481 e. The Bertz CT molecular complexity index is 6100. The smallest absolute Gasteiger partial charge is 0.305 e. The topological polar surface area (TPSA) is 579 Å². The summed E-state index contributed by atoms with van der Waals surface area (Å²) in [5.41, 5.74) is 21.2. The van der Waals surface area contributed by atoms with E-state index in [9.17, 15) is 101 Å². The molecule has 0 unspecified atom stereocenters. The predicted molar refractivity (Wildman–Crippen MR) is 560 cm³/mol. The number of ketones is 4. The minimum atomic E-state index is -1.20. The number of esters is 1. The molecule has 0 radical (unpaired) electrons. The summed E-state index contributed by atoms with van der Waals surface area (Å²) in [7, 11) is 1.22. The summed E-state index contributed by atoms with van der Waals surface area (Å²) in [5.74, 6) is -15.0. The molecule has 0 aliphatic carbocycles. The quantitative estimate of drug-likeness (QED) is 0.00961. The lowest BCUT2D eigenvalue weighted by atomic mass is 9.89. The molecule has 13 amide bonds. The van der Waals surface area contributed by atoms with Gasteiger partial charge in [0.15, 0.2) is 17.3 Å². The summed E-state index contributed by atoms with van der Waals surface area (Å²) in [4.78, 5) is 263. The summed E-state index contributed by atoms with van der Waals surface area (Å²) in [6.45, 7) is 4.15. The number of nitrogens with zero attached hydrogens (tertiary/aromatic N) is 3. The van der Waals surface area contributed by atoms with Gasteiger partial charge in [-0.1, -0.05) is 146 Å². The zero-order valence-corrected chi connectivity index (χ0v) is 86.3. The van der Waals surface area contributed by atoms with Crippen LogP contribution in [0.15, 0.2) is 158 Å². The number of ether oxygens (including phenoxy) is 1. The van der Waals surface area contributed by atoms with E-state index < -0.39 is 167 Å². The Morgan fingerprint density at radius 1 is 0.403 bits per heavy atom. The average Bonchev–Trinajstić information content (AvgIpc) is 1.04. The van der Waals surface area contributed by atoms with Crippen LogP contribution in [0.2, 0.25) is 0 Å². The summed E-state index contributed by atoms with van der Waals surface area (Å²) in [6, 6.07) is 39.9. The molecule has 3 saturated heterocycles. The van der Waals surface area contributed by atoms with Gasteiger partial charge in [0, 0.05) is 133 Å².